The lowest BCUT2D eigenvalue weighted by Gasteiger charge is -2.43. The van der Waals surface area contributed by atoms with Crippen molar-refractivity contribution in [1.29, 1.82) is 0 Å². The Morgan fingerprint density at radius 1 is 1.35 bits per heavy atom. The fourth-order valence-electron chi connectivity index (χ4n) is 3.20. The fraction of sp³-hybridized carbons (Fsp3) is 0.647. The van der Waals surface area contributed by atoms with Crippen LogP contribution in [0.4, 0.5) is 0 Å². The van der Waals surface area contributed by atoms with Gasteiger partial charge in [0.05, 0.1) is 11.7 Å². The van der Waals surface area contributed by atoms with Crippen molar-refractivity contribution in [1.82, 2.24) is 10.2 Å². The molecule has 0 amide bonds. The lowest BCUT2D eigenvalue weighted by Crippen LogP contribution is -2.53. The highest BCUT2D eigenvalue weighted by Gasteiger charge is 2.32. The third-order valence-electron chi connectivity index (χ3n) is 3.73. The van der Waals surface area contributed by atoms with Gasteiger partial charge in [0.2, 0.25) is 0 Å². The molecular weight excluding hydrogens is 248 g/mol. The summed E-state index contributed by atoms with van der Waals surface area (Å²) >= 11 is 0. The topological polar surface area (TPSA) is 24.5 Å². The molecule has 0 saturated carbocycles. The van der Waals surface area contributed by atoms with Crippen LogP contribution in [0.15, 0.2) is 30.3 Å². The van der Waals surface area contributed by atoms with Gasteiger partial charge in [-0.25, -0.2) is 0 Å². The van der Waals surface area contributed by atoms with Crippen LogP contribution in [0, 0.1) is 0 Å². The molecule has 2 atom stereocenters. The Balaban J connectivity index is 2.04. The van der Waals surface area contributed by atoms with Crippen molar-refractivity contribution >= 4 is 0 Å². The standard InChI is InChI=1S/C17H28N2O/c1-5-18-16(15-9-7-6-8-10-15)12-19-11-14(2)20-17(3,4)13-19/h6-10,14,16,18H,5,11-13H2,1-4H3. The molecule has 1 aliphatic rings. The van der Waals surface area contributed by atoms with Gasteiger partial charge in [0.25, 0.3) is 0 Å². The summed E-state index contributed by atoms with van der Waals surface area (Å²) in [5.74, 6) is 0. The molecule has 20 heavy (non-hydrogen) atoms. The molecule has 3 nitrogen and oxygen atoms in total. The van der Waals surface area contributed by atoms with Crippen LogP contribution in [0.2, 0.25) is 0 Å². The molecule has 2 unspecified atom stereocenters. The van der Waals surface area contributed by atoms with Gasteiger partial charge in [0.1, 0.15) is 0 Å². The average Bonchev–Trinajstić information content (AvgIpc) is 2.37. The van der Waals surface area contributed by atoms with E-state index in [0.717, 1.165) is 26.2 Å². The molecular formula is C17H28N2O. The highest BCUT2D eigenvalue weighted by atomic mass is 16.5. The zero-order chi connectivity index (χ0) is 14.6. The van der Waals surface area contributed by atoms with E-state index >= 15 is 0 Å². The van der Waals surface area contributed by atoms with Gasteiger partial charge < -0.3 is 10.1 Å². The van der Waals surface area contributed by atoms with E-state index in [0.29, 0.717) is 12.1 Å². The molecule has 1 fully saturated rings. The monoisotopic (exact) mass is 276 g/mol. The summed E-state index contributed by atoms with van der Waals surface area (Å²) in [4.78, 5) is 2.52. The first kappa shape index (κ1) is 15.5. The predicted octanol–water partition coefficient (Wildman–Crippen LogP) is 2.84. The highest BCUT2D eigenvalue weighted by molar-refractivity contribution is 5.19. The maximum atomic E-state index is 5.99. The summed E-state index contributed by atoms with van der Waals surface area (Å²) in [6.45, 7) is 12.7. The van der Waals surface area contributed by atoms with Crippen LogP contribution in [0.5, 0.6) is 0 Å². The van der Waals surface area contributed by atoms with Crippen molar-refractivity contribution in [2.75, 3.05) is 26.2 Å². The van der Waals surface area contributed by atoms with E-state index in [1.54, 1.807) is 0 Å². The number of rotatable bonds is 5. The summed E-state index contributed by atoms with van der Waals surface area (Å²) < 4.78 is 5.99. The predicted molar refractivity (Wildman–Crippen MR) is 83.9 cm³/mol. The minimum Gasteiger partial charge on any atom is -0.370 e. The first-order valence-electron chi connectivity index (χ1n) is 7.68. The lowest BCUT2D eigenvalue weighted by atomic mass is 10.0. The molecule has 0 radical (unpaired) electrons. The summed E-state index contributed by atoms with van der Waals surface area (Å²) in [6.07, 6.45) is 0.303. The van der Waals surface area contributed by atoms with Gasteiger partial charge in [-0.15, -0.1) is 0 Å². The number of hydrogen-bond donors (Lipinski definition) is 1. The van der Waals surface area contributed by atoms with E-state index in [9.17, 15) is 0 Å². The summed E-state index contributed by atoms with van der Waals surface area (Å²) in [7, 11) is 0. The molecule has 0 aliphatic carbocycles. The van der Waals surface area contributed by atoms with Crippen LogP contribution in [-0.2, 0) is 4.74 Å². The molecule has 0 aromatic heterocycles. The normalized spacial score (nSPS) is 24.5. The SMILES string of the molecule is CCNC(CN1CC(C)OC(C)(C)C1)c1ccccc1. The van der Waals surface area contributed by atoms with Gasteiger partial charge >= 0.3 is 0 Å². The number of hydrogen-bond acceptors (Lipinski definition) is 3. The second-order valence-electron chi connectivity index (χ2n) is 6.40. The van der Waals surface area contributed by atoms with Crippen molar-refractivity contribution in [2.24, 2.45) is 0 Å². The van der Waals surface area contributed by atoms with E-state index in [1.807, 2.05) is 0 Å². The van der Waals surface area contributed by atoms with Gasteiger partial charge in [-0.1, -0.05) is 37.3 Å². The van der Waals surface area contributed by atoms with E-state index in [1.165, 1.54) is 5.56 Å². The lowest BCUT2D eigenvalue weighted by molar-refractivity contribution is -0.130. The molecule has 112 valence electrons. The fourth-order valence-corrected chi connectivity index (χ4v) is 3.20. The zero-order valence-corrected chi connectivity index (χ0v) is 13.2. The quantitative estimate of drug-likeness (QED) is 0.895. The summed E-state index contributed by atoms with van der Waals surface area (Å²) in [5.41, 5.74) is 1.32. The maximum Gasteiger partial charge on any atom is 0.0757 e. The van der Waals surface area contributed by atoms with Crippen molar-refractivity contribution in [3.8, 4) is 0 Å². The largest absolute Gasteiger partial charge is 0.370 e. The number of ether oxygens (including phenoxy) is 1. The minimum atomic E-state index is -0.0505. The molecule has 1 N–H and O–H groups in total. The van der Waals surface area contributed by atoms with Gasteiger partial charge in [0, 0.05) is 25.7 Å². The van der Waals surface area contributed by atoms with Crippen LogP contribution in [0.1, 0.15) is 39.3 Å². The minimum absolute atomic E-state index is 0.0505. The summed E-state index contributed by atoms with van der Waals surface area (Å²) in [6, 6.07) is 11.1. The molecule has 1 heterocycles. The van der Waals surface area contributed by atoms with E-state index in [4.69, 9.17) is 4.74 Å². The van der Waals surface area contributed by atoms with Crippen LogP contribution in [0.25, 0.3) is 0 Å². The molecule has 0 bridgehead atoms. The van der Waals surface area contributed by atoms with Crippen molar-refractivity contribution in [3.05, 3.63) is 35.9 Å². The van der Waals surface area contributed by atoms with E-state index in [2.05, 4.69) is 68.2 Å². The van der Waals surface area contributed by atoms with Crippen LogP contribution in [-0.4, -0.2) is 42.8 Å². The number of likely N-dealkylation sites (N-methyl/N-ethyl adjacent to an activating group) is 1. The van der Waals surface area contributed by atoms with Gasteiger partial charge in [0.15, 0.2) is 0 Å². The Bertz CT molecular complexity index is 405. The van der Waals surface area contributed by atoms with E-state index in [-0.39, 0.29) is 5.60 Å². The van der Waals surface area contributed by atoms with Gasteiger partial charge in [-0.2, -0.15) is 0 Å². The molecule has 3 heteroatoms. The Hall–Kier alpha value is -0.900. The van der Waals surface area contributed by atoms with Gasteiger partial charge in [-0.3, -0.25) is 4.90 Å². The Morgan fingerprint density at radius 2 is 2.05 bits per heavy atom. The van der Waals surface area contributed by atoms with Crippen molar-refractivity contribution in [2.45, 2.75) is 45.4 Å². The second kappa shape index (κ2) is 6.70. The van der Waals surface area contributed by atoms with E-state index < -0.39 is 0 Å². The zero-order valence-electron chi connectivity index (χ0n) is 13.2. The van der Waals surface area contributed by atoms with Crippen LogP contribution >= 0.6 is 0 Å². The van der Waals surface area contributed by atoms with Crippen LogP contribution < -0.4 is 5.32 Å². The maximum absolute atomic E-state index is 5.99. The number of nitrogens with one attached hydrogen (secondary N) is 1. The average molecular weight is 276 g/mol. The molecule has 2 rings (SSSR count). The second-order valence-corrected chi connectivity index (χ2v) is 6.40. The van der Waals surface area contributed by atoms with Crippen molar-refractivity contribution in [3.63, 3.8) is 0 Å². The van der Waals surface area contributed by atoms with Crippen LogP contribution in [0.3, 0.4) is 0 Å². The number of benzene rings is 1. The smallest absolute Gasteiger partial charge is 0.0757 e. The first-order chi connectivity index (χ1) is 9.50. The summed E-state index contributed by atoms with van der Waals surface area (Å²) in [5, 5.41) is 3.61. The third-order valence-corrected chi connectivity index (χ3v) is 3.73. The third kappa shape index (κ3) is 4.30. The Labute approximate surface area is 123 Å². The Morgan fingerprint density at radius 3 is 2.65 bits per heavy atom. The highest BCUT2D eigenvalue weighted by Crippen LogP contribution is 2.23. The molecule has 1 aliphatic heterocycles. The molecule has 0 spiro atoms. The number of nitrogens with zero attached hydrogens (tertiary/aromatic N) is 1. The Kier molecular flexibility index (Phi) is 5.19. The first-order valence-corrected chi connectivity index (χ1v) is 7.68. The van der Waals surface area contributed by atoms with Gasteiger partial charge in [-0.05, 0) is 32.9 Å². The molecule has 1 saturated heterocycles. The molecule has 1 aromatic rings. The van der Waals surface area contributed by atoms with Crippen molar-refractivity contribution < 1.29 is 4.74 Å². The molecule has 1 aromatic carbocycles. The number of morpholine rings is 1.